The van der Waals surface area contributed by atoms with E-state index in [0.717, 1.165) is 29.1 Å². The number of nitrogens with zero attached hydrogens (tertiary/aromatic N) is 2. The van der Waals surface area contributed by atoms with Gasteiger partial charge in [-0.2, -0.15) is 0 Å². The smallest absolute Gasteiger partial charge is 0.254 e. The first-order valence-electron chi connectivity index (χ1n) is 8.80. The molecular formula is C21H22Cl2N2O2. The molecule has 2 aromatic carbocycles. The van der Waals surface area contributed by atoms with Crippen LogP contribution in [-0.4, -0.2) is 44.6 Å². The van der Waals surface area contributed by atoms with Crippen molar-refractivity contribution in [2.45, 2.75) is 6.42 Å². The maximum Gasteiger partial charge on any atom is 0.254 e. The van der Waals surface area contributed by atoms with Gasteiger partial charge in [-0.3, -0.25) is 4.79 Å². The number of benzene rings is 2. The topological polar surface area (TPSA) is 32.8 Å². The largest absolute Gasteiger partial charge is 0.492 e. The van der Waals surface area contributed by atoms with Gasteiger partial charge in [0, 0.05) is 29.9 Å². The van der Waals surface area contributed by atoms with E-state index in [9.17, 15) is 4.79 Å². The van der Waals surface area contributed by atoms with Crippen LogP contribution in [0.1, 0.15) is 12.0 Å². The van der Waals surface area contributed by atoms with Crippen molar-refractivity contribution in [2.75, 3.05) is 38.7 Å². The second kappa shape index (κ2) is 8.79. The predicted octanol–water partition coefficient (Wildman–Crippen LogP) is 4.75. The van der Waals surface area contributed by atoms with E-state index in [1.54, 1.807) is 17.0 Å². The Morgan fingerprint density at radius 2 is 1.93 bits per heavy atom. The lowest BCUT2D eigenvalue weighted by atomic mass is 10.1. The maximum atomic E-state index is 12.9. The first kappa shape index (κ1) is 19.7. The van der Waals surface area contributed by atoms with Crippen molar-refractivity contribution >= 4 is 40.9 Å². The van der Waals surface area contributed by atoms with Crippen molar-refractivity contribution in [3.8, 4) is 5.75 Å². The fourth-order valence-corrected chi connectivity index (χ4v) is 3.20. The molecule has 1 aliphatic rings. The molecule has 27 heavy (non-hydrogen) atoms. The Hall–Kier alpha value is -2.01. The summed E-state index contributed by atoms with van der Waals surface area (Å²) in [6, 6.07) is 13.0. The Labute approximate surface area is 169 Å². The van der Waals surface area contributed by atoms with Gasteiger partial charge >= 0.3 is 0 Å². The molecule has 6 heteroatoms. The monoisotopic (exact) mass is 404 g/mol. The first-order chi connectivity index (χ1) is 13.0. The molecule has 0 unspecified atom stereocenters. The van der Waals surface area contributed by atoms with Crippen LogP contribution in [0.3, 0.4) is 0 Å². The summed E-state index contributed by atoms with van der Waals surface area (Å²) in [7, 11) is 4.01. The number of carbonyl (C=O) groups excluding carboxylic acids is 1. The quantitative estimate of drug-likeness (QED) is 0.650. The zero-order valence-corrected chi connectivity index (χ0v) is 16.9. The third-order valence-electron chi connectivity index (χ3n) is 4.38. The number of carbonyl (C=O) groups is 1. The van der Waals surface area contributed by atoms with E-state index in [4.69, 9.17) is 27.9 Å². The van der Waals surface area contributed by atoms with E-state index in [0.29, 0.717) is 29.6 Å². The fraction of sp³-hybridized carbons (Fsp3) is 0.286. The molecule has 1 aliphatic heterocycles. The van der Waals surface area contributed by atoms with E-state index in [2.05, 4.69) is 4.90 Å². The number of para-hydroxylation sites is 1. The van der Waals surface area contributed by atoms with Crippen molar-refractivity contribution < 1.29 is 9.53 Å². The number of hydrogen-bond donors (Lipinski definition) is 0. The zero-order chi connectivity index (χ0) is 19.4. The highest BCUT2D eigenvalue weighted by atomic mass is 35.5. The minimum atomic E-state index is -0.0171. The van der Waals surface area contributed by atoms with Crippen LogP contribution in [0.25, 0.3) is 6.08 Å². The predicted molar refractivity (Wildman–Crippen MR) is 112 cm³/mol. The molecule has 1 amide bonds. The van der Waals surface area contributed by atoms with Crippen LogP contribution in [0.15, 0.2) is 48.0 Å². The van der Waals surface area contributed by atoms with E-state index in [1.807, 2.05) is 50.5 Å². The molecular weight excluding hydrogens is 383 g/mol. The molecule has 1 fully saturated rings. The van der Waals surface area contributed by atoms with Crippen LogP contribution in [0, 0.1) is 0 Å². The van der Waals surface area contributed by atoms with Crippen molar-refractivity contribution in [3.05, 3.63) is 63.6 Å². The molecule has 0 atom stereocenters. The minimum absolute atomic E-state index is 0.0171. The van der Waals surface area contributed by atoms with E-state index >= 15 is 0 Å². The van der Waals surface area contributed by atoms with Gasteiger partial charge in [0.2, 0.25) is 0 Å². The summed E-state index contributed by atoms with van der Waals surface area (Å²) in [6.45, 7) is 2.04. The summed E-state index contributed by atoms with van der Waals surface area (Å²) >= 11 is 12.1. The standard InChI is InChI=1S/C21H22Cl2N2O2/c1-24(2)11-12-27-20-6-4-3-5-15(20)13-16-9-10-25(21(16)26)17-7-8-18(22)19(23)14-17/h3-8,13-14H,9-12H2,1-2H3/b16-13+. The summed E-state index contributed by atoms with van der Waals surface area (Å²) in [6.07, 6.45) is 2.59. The number of halogens is 2. The maximum absolute atomic E-state index is 12.9. The number of hydrogen-bond acceptors (Lipinski definition) is 3. The van der Waals surface area contributed by atoms with Gasteiger partial charge in [0.05, 0.1) is 10.0 Å². The highest BCUT2D eigenvalue weighted by Gasteiger charge is 2.27. The van der Waals surface area contributed by atoms with Crippen LogP contribution in [0.4, 0.5) is 5.69 Å². The molecule has 0 N–H and O–H groups in total. The summed E-state index contributed by atoms with van der Waals surface area (Å²) in [5.74, 6) is 0.768. The molecule has 0 aromatic heterocycles. The van der Waals surface area contributed by atoms with Crippen molar-refractivity contribution in [2.24, 2.45) is 0 Å². The molecule has 0 saturated carbocycles. The van der Waals surface area contributed by atoms with Gasteiger partial charge in [0.1, 0.15) is 12.4 Å². The summed E-state index contributed by atoms with van der Waals surface area (Å²) in [4.78, 5) is 16.6. The molecule has 4 nitrogen and oxygen atoms in total. The fourth-order valence-electron chi connectivity index (χ4n) is 2.90. The van der Waals surface area contributed by atoms with Gasteiger partial charge in [-0.05, 0) is 50.9 Å². The van der Waals surface area contributed by atoms with Gasteiger partial charge < -0.3 is 14.5 Å². The molecule has 142 valence electrons. The van der Waals surface area contributed by atoms with Crippen LogP contribution < -0.4 is 9.64 Å². The third kappa shape index (κ3) is 4.83. The summed E-state index contributed by atoms with van der Waals surface area (Å²) in [5, 5.41) is 0.922. The highest BCUT2D eigenvalue weighted by Crippen LogP contribution is 2.32. The van der Waals surface area contributed by atoms with E-state index in [-0.39, 0.29) is 5.91 Å². The van der Waals surface area contributed by atoms with Crippen LogP contribution in [0.2, 0.25) is 10.0 Å². The molecule has 1 heterocycles. The van der Waals surface area contributed by atoms with Gasteiger partial charge in [-0.25, -0.2) is 0 Å². The third-order valence-corrected chi connectivity index (χ3v) is 5.12. The molecule has 0 aliphatic carbocycles. The zero-order valence-electron chi connectivity index (χ0n) is 15.4. The number of amides is 1. The lowest BCUT2D eigenvalue weighted by Gasteiger charge is -2.16. The molecule has 0 spiro atoms. The molecule has 0 radical (unpaired) electrons. The molecule has 3 rings (SSSR count). The van der Waals surface area contributed by atoms with Gasteiger partial charge in [0.25, 0.3) is 5.91 Å². The molecule has 0 bridgehead atoms. The highest BCUT2D eigenvalue weighted by molar-refractivity contribution is 6.42. The van der Waals surface area contributed by atoms with Crippen LogP contribution in [-0.2, 0) is 4.79 Å². The second-order valence-corrected chi connectivity index (χ2v) is 7.48. The lowest BCUT2D eigenvalue weighted by molar-refractivity contribution is -0.114. The van der Waals surface area contributed by atoms with Crippen molar-refractivity contribution in [1.29, 1.82) is 0 Å². The van der Waals surface area contributed by atoms with Crippen molar-refractivity contribution in [3.63, 3.8) is 0 Å². The Morgan fingerprint density at radius 3 is 2.67 bits per heavy atom. The van der Waals surface area contributed by atoms with Crippen LogP contribution >= 0.6 is 23.2 Å². The van der Waals surface area contributed by atoms with Gasteiger partial charge in [-0.15, -0.1) is 0 Å². The van der Waals surface area contributed by atoms with E-state index < -0.39 is 0 Å². The second-order valence-electron chi connectivity index (χ2n) is 6.66. The Bertz CT molecular complexity index is 865. The van der Waals surface area contributed by atoms with Gasteiger partial charge in [-0.1, -0.05) is 41.4 Å². The number of rotatable bonds is 6. The number of likely N-dealkylation sites (N-methyl/N-ethyl adjacent to an activating group) is 1. The van der Waals surface area contributed by atoms with Crippen molar-refractivity contribution in [1.82, 2.24) is 4.90 Å². The Balaban J connectivity index is 1.78. The first-order valence-corrected chi connectivity index (χ1v) is 9.55. The lowest BCUT2D eigenvalue weighted by Crippen LogP contribution is -2.24. The average Bonchev–Trinajstić information content (AvgIpc) is 2.99. The number of anilines is 1. The van der Waals surface area contributed by atoms with E-state index in [1.165, 1.54) is 0 Å². The summed E-state index contributed by atoms with van der Waals surface area (Å²) < 4.78 is 5.89. The SMILES string of the molecule is CN(C)CCOc1ccccc1/C=C1\CCN(c2ccc(Cl)c(Cl)c2)C1=O. The van der Waals surface area contributed by atoms with Gasteiger partial charge in [0.15, 0.2) is 0 Å². The Morgan fingerprint density at radius 1 is 1.15 bits per heavy atom. The minimum Gasteiger partial charge on any atom is -0.492 e. The molecule has 1 saturated heterocycles. The summed E-state index contributed by atoms with van der Waals surface area (Å²) in [5.41, 5.74) is 2.42. The number of ether oxygens (including phenoxy) is 1. The average molecular weight is 405 g/mol. The normalized spacial score (nSPS) is 15.8. The molecule has 2 aromatic rings. The Kier molecular flexibility index (Phi) is 6.42. The van der Waals surface area contributed by atoms with Crippen LogP contribution in [0.5, 0.6) is 5.75 Å².